The zero-order valence-corrected chi connectivity index (χ0v) is 18.9. The minimum Gasteiger partial charge on any atom is -0.495 e. The van der Waals surface area contributed by atoms with E-state index in [0.29, 0.717) is 5.17 Å². The van der Waals surface area contributed by atoms with Gasteiger partial charge in [-0.3, -0.25) is 10.2 Å². The summed E-state index contributed by atoms with van der Waals surface area (Å²) in [6.07, 6.45) is 4.65. The number of nitrogens with one attached hydrogen (secondary N) is 1. The molecule has 0 aliphatic carbocycles. The van der Waals surface area contributed by atoms with Gasteiger partial charge in [0.15, 0.2) is 5.84 Å². The number of unbranched alkanes of at least 4 members (excludes halogenated alkanes) is 1. The highest BCUT2D eigenvalue weighted by Crippen LogP contribution is 2.32. The highest BCUT2D eigenvalue weighted by molar-refractivity contribution is 8.26. The number of nitrogens with zero attached hydrogens (tertiary/aromatic N) is 4. The fourth-order valence-corrected chi connectivity index (χ4v) is 4.66. The first kappa shape index (κ1) is 21.1. The number of aromatic nitrogens is 1. The van der Waals surface area contributed by atoms with Crippen molar-refractivity contribution >= 4 is 39.8 Å². The number of aliphatic imine (C=N–C) groups is 1. The number of amides is 1. The molecular formula is C23H25N5O2S. The van der Waals surface area contributed by atoms with Crippen molar-refractivity contribution in [2.75, 3.05) is 7.11 Å². The number of carbonyl (C=O) groups is 1. The smallest absolute Gasteiger partial charge is 0.283 e. The van der Waals surface area contributed by atoms with E-state index in [1.54, 1.807) is 13.2 Å². The monoisotopic (exact) mass is 435 g/mol. The molecule has 7 nitrogen and oxygen atoms in total. The van der Waals surface area contributed by atoms with Crippen molar-refractivity contribution in [1.82, 2.24) is 9.58 Å². The van der Waals surface area contributed by atoms with Crippen molar-refractivity contribution in [2.24, 2.45) is 10.1 Å². The van der Waals surface area contributed by atoms with Crippen LogP contribution in [0.5, 0.6) is 5.75 Å². The van der Waals surface area contributed by atoms with Crippen LogP contribution in [0.3, 0.4) is 0 Å². The van der Waals surface area contributed by atoms with E-state index in [0.717, 1.165) is 52.7 Å². The summed E-state index contributed by atoms with van der Waals surface area (Å²) in [4.78, 5) is 16.9. The average molecular weight is 436 g/mol. The second kappa shape index (κ2) is 8.55. The Bertz CT molecular complexity index is 1160. The third-order valence-electron chi connectivity index (χ3n) is 5.34. The van der Waals surface area contributed by atoms with E-state index in [2.05, 4.69) is 21.6 Å². The van der Waals surface area contributed by atoms with Crippen LogP contribution in [0, 0.1) is 19.3 Å². The van der Waals surface area contributed by atoms with Gasteiger partial charge in [0.25, 0.3) is 5.91 Å². The predicted molar refractivity (Wildman–Crippen MR) is 126 cm³/mol. The Labute approximate surface area is 186 Å². The van der Waals surface area contributed by atoms with Gasteiger partial charge in [-0.05, 0) is 68.3 Å². The van der Waals surface area contributed by atoms with Crippen LogP contribution in [0.2, 0.25) is 0 Å². The molecule has 0 bridgehead atoms. The molecule has 2 aliphatic heterocycles. The van der Waals surface area contributed by atoms with Gasteiger partial charge in [0.2, 0.25) is 5.17 Å². The summed E-state index contributed by atoms with van der Waals surface area (Å²) in [6, 6.07) is 9.81. The molecule has 1 N–H and O–H groups in total. The summed E-state index contributed by atoms with van der Waals surface area (Å²) in [5.41, 5.74) is 3.98. The number of benzene rings is 1. The topological polar surface area (TPSA) is 83.0 Å². The number of fused-ring (bicyclic) bond motifs is 1. The second-order valence-electron chi connectivity index (χ2n) is 7.45. The maximum Gasteiger partial charge on any atom is 0.283 e. The lowest BCUT2D eigenvalue weighted by Gasteiger charge is -2.20. The van der Waals surface area contributed by atoms with Gasteiger partial charge in [0, 0.05) is 11.4 Å². The standard InChI is InChI=1S/C23H25N5O2S/c1-5-6-11-20-26-28-21(24)17(22(29)25-23(28)31-20)13-16-12-14(2)27(15(16)3)18-9-7-8-10-19(18)30-4/h7-10,12-13,24H,5-6,11H2,1-4H3. The number of amidine groups is 2. The van der Waals surface area contributed by atoms with E-state index < -0.39 is 5.91 Å². The van der Waals surface area contributed by atoms with E-state index >= 15 is 0 Å². The molecule has 0 saturated carbocycles. The fraction of sp³-hybridized carbons (Fsp3) is 0.304. The van der Waals surface area contributed by atoms with Gasteiger partial charge >= 0.3 is 0 Å². The van der Waals surface area contributed by atoms with Gasteiger partial charge in [0.1, 0.15) is 10.8 Å². The number of carbonyl (C=O) groups excluding carboxylic acids is 1. The maximum atomic E-state index is 12.7. The summed E-state index contributed by atoms with van der Waals surface area (Å²) < 4.78 is 7.61. The molecule has 0 saturated heterocycles. The molecule has 0 atom stereocenters. The van der Waals surface area contributed by atoms with Gasteiger partial charge < -0.3 is 9.30 Å². The molecule has 0 fully saturated rings. The molecule has 0 unspecified atom stereocenters. The zero-order valence-electron chi connectivity index (χ0n) is 18.1. The molecule has 2 aliphatic rings. The van der Waals surface area contributed by atoms with Crippen molar-refractivity contribution in [2.45, 2.75) is 40.0 Å². The number of hydrogen-bond donors (Lipinski definition) is 1. The van der Waals surface area contributed by atoms with Crippen molar-refractivity contribution in [1.29, 1.82) is 5.41 Å². The number of thioether (sulfide) groups is 1. The summed E-state index contributed by atoms with van der Waals surface area (Å²) >= 11 is 1.38. The van der Waals surface area contributed by atoms with E-state index in [1.165, 1.54) is 16.8 Å². The number of hydrazone groups is 1. The first-order valence-corrected chi connectivity index (χ1v) is 11.1. The summed E-state index contributed by atoms with van der Waals surface area (Å²) in [5, 5.41) is 15.9. The summed E-state index contributed by atoms with van der Waals surface area (Å²) in [5.74, 6) is 0.427. The third kappa shape index (κ3) is 3.83. The lowest BCUT2D eigenvalue weighted by molar-refractivity contribution is -0.114. The molecule has 2 aromatic rings. The van der Waals surface area contributed by atoms with Crippen LogP contribution < -0.4 is 4.74 Å². The van der Waals surface area contributed by atoms with Crippen LogP contribution in [0.25, 0.3) is 11.8 Å². The molecule has 8 heteroatoms. The van der Waals surface area contributed by atoms with Crippen LogP contribution in [0.1, 0.15) is 43.1 Å². The van der Waals surface area contributed by atoms with Crippen molar-refractivity contribution < 1.29 is 9.53 Å². The lowest BCUT2D eigenvalue weighted by atomic mass is 10.1. The summed E-state index contributed by atoms with van der Waals surface area (Å²) in [7, 11) is 1.65. The Morgan fingerprint density at radius 1 is 1.26 bits per heavy atom. The van der Waals surface area contributed by atoms with Gasteiger partial charge in [-0.25, -0.2) is 0 Å². The van der Waals surface area contributed by atoms with Gasteiger partial charge in [-0.2, -0.15) is 15.1 Å². The molecule has 31 heavy (non-hydrogen) atoms. The number of methoxy groups -OCH3 is 1. The van der Waals surface area contributed by atoms with E-state index in [-0.39, 0.29) is 11.4 Å². The summed E-state index contributed by atoms with van der Waals surface area (Å²) in [6.45, 7) is 6.12. The van der Waals surface area contributed by atoms with Crippen LogP contribution in [-0.4, -0.2) is 38.6 Å². The van der Waals surface area contributed by atoms with E-state index in [1.807, 2.05) is 44.2 Å². The first-order valence-electron chi connectivity index (χ1n) is 10.3. The quantitative estimate of drug-likeness (QED) is 0.654. The molecule has 3 heterocycles. The molecular weight excluding hydrogens is 410 g/mol. The predicted octanol–water partition coefficient (Wildman–Crippen LogP) is 4.91. The number of aryl methyl sites for hydroxylation is 1. The van der Waals surface area contributed by atoms with E-state index in [4.69, 9.17) is 10.1 Å². The van der Waals surface area contributed by atoms with Crippen molar-refractivity contribution in [3.63, 3.8) is 0 Å². The largest absolute Gasteiger partial charge is 0.495 e. The normalized spacial score (nSPS) is 17.2. The zero-order chi connectivity index (χ0) is 22.1. The van der Waals surface area contributed by atoms with E-state index in [9.17, 15) is 4.79 Å². The Kier molecular flexibility index (Phi) is 5.82. The van der Waals surface area contributed by atoms with Gasteiger partial charge in [0.05, 0.1) is 18.4 Å². The molecule has 1 aromatic carbocycles. The molecule has 0 radical (unpaired) electrons. The van der Waals surface area contributed by atoms with Crippen LogP contribution in [-0.2, 0) is 4.79 Å². The first-order chi connectivity index (χ1) is 14.9. The van der Waals surface area contributed by atoms with Crippen LogP contribution in [0.15, 0.2) is 46.0 Å². The number of para-hydroxylation sites is 2. The Morgan fingerprint density at radius 2 is 2.03 bits per heavy atom. The number of rotatable bonds is 6. The molecule has 160 valence electrons. The van der Waals surface area contributed by atoms with Crippen LogP contribution in [0.4, 0.5) is 0 Å². The molecule has 1 aromatic heterocycles. The van der Waals surface area contributed by atoms with Gasteiger partial charge in [-0.15, -0.1) is 0 Å². The maximum absolute atomic E-state index is 12.7. The van der Waals surface area contributed by atoms with Gasteiger partial charge in [-0.1, -0.05) is 25.5 Å². The molecule has 1 amide bonds. The minimum absolute atomic E-state index is 0.0658. The van der Waals surface area contributed by atoms with Crippen LogP contribution >= 0.6 is 11.8 Å². The Morgan fingerprint density at radius 3 is 2.77 bits per heavy atom. The SMILES string of the molecule is CCCCC1=NN2C(=N)C(=Cc3cc(C)n(-c4ccccc4OC)c3C)C(=O)N=C2S1. The second-order valence-corrected chi connectivity index (χ2v) is 8.49. The number of ether oxygens (including phenoxy) is 1. The third-order valence-corrected chi connectivity index (χ3v) is 6.30. The van der Waals surface area contributed by atoms with Crippen molar-refractivity contribution in [3.8, 4) is 11.4 Å². The van der Waals surface area contributed by atoms with Crippen molar-refractivity contribution in [3.05, 3.63) is 52.9 Å². The fourth-order valence-electron chi connectivity index (χ4n) is 3.74. The Balaban J connectivity index is 1.71. The number of hydrogen-bond acceptors (Lipinski definition) is 5. The average Bonchev–Trinajstić information content (AvgIpc) is 3.29. The molecule has 4 rings (SSSR count). The Hall–Kier alpha value is -3.13. The highest BCUT2D eigenvalue weighted by atomic mass is 32.2. The highest BCUT2D eigenvalue weighted by Gasteiger charge is 2.35. The minimum atomic E-state index is -0.405. The lowest BCUT2D eigenvalue weighted by Crippen LogP contribution is -2.35. The molecule has 0 spiro atoms.